The van der Waals surface area contributed by atoms with Crippen molar-refractivity contribution >= 4 is 57.1 Å². The van der Waals surface area contributed by atoms with Crippen LogP contribution in [0.1, 0.15) is 5.56 Å². The van der Waals surface area contributed by atoms with Crippen LogP contribution in [0, 0.1) is 0 Å². The molecule has 30 heavy (non-hydrogen) atoms. The maximum Gasteiger partial charge on any atom is 0.289 e. The number of aromatic nitrogens is 1. The third kappa shape index (κ3) is 3.75. The molecule has 1 saturated heterocycles. The highest BCUT2D eigenvalue weighted by molar-refractivity contribution is 8.18. The summed E-state index contributed by atoms with van der Waals surface area (Å²) >= 11 is 7.05. The first-order chi connectivity index (χ1) is 14.7. The largest absolute Gasteiger partial charge is 0.355 e. The van der Waals surface area contributed by atoms with Gasteiger partial charge in [0, 0.05) is 10.6 Å². The lowest BCUT2D eigenvalue weighted by atomic mass is 10.1. The molecule has 1 N–H and O–H groups in total. The Morgan fingerprint density at radius 1 is 1.03 bits per heavy atom. The molecule has 5 nitrogen and oxygen atoms in total. The number of carbonyl (C=O) groups is 1. The van der Waals surface area contributed by atoms with E-state index < -0.39 is 0 Å². The van der Waals surface area contributed by atoms with Crippen molar-refractivity contribution in [2.45, 2.75) is 0 Å². The SMILES string of the molecule is O=C1NC(=Nc2ccc(Cl)cc2)/C(=C/c2ccc3noc(-c4ccccc4)c3c2)S1. The van der Waals surface area contributed by atoms with Crippen molar-refractivity contribution in [3.63, 3.8) is 0 Å². The quantitative estimate of drug-likeness (QED) is 0.393. The van der Waals surface area contributed by atoms with Crippen LogP contribution in [0.2, 0.25) is 5.02 Å². The molecule has 1 amide bonds. The highest BCUT2D eigenvalue weighted by Gasteiger charge is 2.23. The summed E-state index contributed by atoms with van der Waals surface area (Å²) in [6.07, 6.45) is 1.93. The summed E-state index contributed by atoms with van der Waals surface area (Å²) in [7, 11) is 0. The molecule has 0 unspecified atom stereocenters. The normalized spacial score (nSPS) is 16.5. The molecule has 4 aromatic rings. The average Bonchev–Trinajstić information content (AvgIpc) is 3.33. The molecule has 0 radical (unpaired) electrons. The van der Waals surface area contributed by atoms with Gasteiger partial charge >= 0.3 is 0 Å². The van der Waals surface area contributed by atoms with Gasteiger partial charge in [-0.3, -0.25) is 4.79 Å². The van der Waals surface area contributed by atoms with E-state index >= 15 is 0 Å². The minimum atomic E-state index is -0.162. The summed E-state index contributed by atoms with van der Waals surface area (Å²) in [5.41, 5.74) is 3.37. The highest BCUT2D eigenvalue weighted by atomic mass is 35.5. The lowest BCUT2D eigenvalue weighted by Gasteiger charge is -2.01. The lowest BCUT2D eigenvalue weighted by Crippen LogP contribution is -2.18. The van der Waals surface area contributed by atoms with Crippen LogP contribution >= 0.6 is 23.4 Å². The van der Waals surface area contributed by atoms with Crippen molar-refractivity contribution in [1.29, 1.82) is 0 Å². The standard InChI is InChI=1S/C23H14ClN3O2S/c24-16-7-9-17(10-8-16)25-22-20(30-23(28)26-22)13-14-6-11-19-18(12-14)21(29-27-19)15-4-2-1-3-5-15/h1-13H,(H,25,26,28)/b20-13-. The highest BCUT2D eigenvalue weighted by Crippen LogP contribution is 2.32. The molecule has 0 saturated carbocycles. The number of thioether (sulfide) groups is 1. The maximum atomic E-state index is 12.0. The molecule has 3 aromatic carbocycles. The molecule has 146 valence electrons. The summed E-state index contributed by atoms with van der Waals surface area (Å²) in [5, 5.41) is 8.34. The second kappa shape index (κ2) is 7.82. The van der Waals surface area contributed by atoms with Gasteiger partial charge in [0.25, 0.3) is 5.24 Å². The fourth-order valence-electron chi connectivity index (χ4n) is 3.16. The topological polar surface area (TPSA) is 67.5 Å². The second-order valence-electron chi connectivity index (χ2n) is 6.61. The van der Waals surface area contributed by atoms with Crippen LogP contribution in [-0.4, -0.2) is 16.2 Å². The summed E-state index contributed by atoms with van der Waals surface area (Å²) in [6, 6.07) is 22.8. The van der Waals surface area contributed by atoms with Crippen molar-refractivity contribution in [3.05, 3.63) is 88.3 Å². The molecule has 7 heteroatoms. The van der Waals surface area contributed by atoms with E-state index in [0.717, 1.165) is 38.7 Å². The number of hydrogen-bond donors (Lipinski definition) is 1. The number of benzene rings is 3. The van der Waals surface area contributed by atoms with E-state index in [-0.39, 0.29) is 5.24 Å². The van der Waals surface area contributed by atoms with Gasteiger partial charge < -0.3 is 9.84 Å². The first-order valence-corrected chi connectivity index (χ1v) is 10.4. The number of amides is 1. The molecule has 1 aliphatic rings. The predicted molar refractivity (Wildman–Crippen MR) is 122 cm³/mol. The summed E-state index contributed by atoms with van der Waals surface area (Å²) in [5.74, 6) is 1.23. The van der Waals surface area contributed by atoms with Gasteiger partial charge in [-0.2, -0.15) is 0 Å². The maximum absolute atomic E-state index is 12.0. The molecule has 0 aliphatic carbocycles. The van der Waals surface area contributed by atoms with Crippen molar-refractivity contribution in [2.75, 3.05) is 0 Å². The number of hydrogen-bond acceptors (Lipinski definition) is 5. The van der Waals surface area contributed by atoms with Gasteiger partial charge in [-0.25, -0.2) is 4.99 Å². The summed E-state index contributed by atoms with van der Waals surface area (Å²) in [6.45, 7) is 0. The van der Waals surface area contributed by atoms with Crippen LogP contribution in [0.5, 0.6) is 0 Å². The number of rotatable bonds is 3. The zero-order valence-corrected chi connectivity index (χ0v) is 17.1. The number of fused-ring (bicyclic) bond motifs is 1. The van der Waals surface area contributed by atoms with E-state index in [2.05, 4.69) is 15.5 Å². The van der Waals surface area contributed by atoms with Crippen LogP contribution in [0.15, 0.2) is 87.2 Å². The Morgan fingerprint density at radius 3 is 2.63 bits per heavy atom. The second-order valence-corrected chi connectivity index (χ2v) is 8.07. The number of halogens is 1. The monoisotopic (exact) mass is 431 g/mol. The molecule has 0 atom stereocenters. The van der Waals surface area contributed by atoms with E-state index in [1.165, 1.54) is 0 Å². The van der Waals surface area contributed by atoms with Gasteiger partial charge in [0.1, 0.15) is 11.4 Å². The Morgan fingerprint density at radius 2 is 1.83 bits per heavy atom. The van der Waals surface area contributed by atoms with Crippen LogP contribution < -0.4 is 5.32 Å². The van der Waals surface area contributed by atoms with Crippen molar-refractivity contribution < 1.29 is 9.32 Å². The molecule has 0 bridgehead atoms. The molecule has 2 heterocycles. The van der Waals surface area contributed by atoms with E-state index in [1.807, 2.05) is 54.6 Å². The van der Waals surface area contributed by atoms with Gasteiger partial charge in [-0.05, 0) is 59.8 Å². The molecule has 0 spiro atoms. The van der Waals surface area contributed by atoms with Crippen molar-refractivity contribution in [2.24, 2.45) is 4.99 Å². The van der Waals surface area contributed by atoms with Crippen LogP contribution in [0.3, 0.4) is 0 Å². The average molecular weight is 432 g/mol. The third-order valence-corrected chi connectivity index (χ3v) is 5.63. The molecule has 5 rings (SSSR count). The van der Waals surface area contributed by atoms with E-state index in [4.69, 9.17) is 16.1 Å². The third-order valence-electron chi connectivity index (χ3n) is 4.56. The zero-order valence-electron chi connectivity index (χ0n) is 15.5. The van der Waals surface area contributed by atoms with E-state index in [1.54, 1.807) is 24.3 Å². The smallest absolute Gasteiger partial charge is 0.289 e. The summed E-state index contributed by atoms with van der Waals surface area (Å²) in [4.78, 5) is 17.3. The molecule has 1 fully saturated rings. The fourth-order valence-corrected chi connectivity index (χ4v) is 4.02. The summed E-state index contributed by atoms with van der Waals surface area (Å²) < 4.78 is 5.58. The molecular formula is C23H14ClN3O2S. The van der Waals surface area contributed by atoms with E-state index in [9.17, 15) is 4.79 Å². The number of carbonyl (C=O) groups excluding carboxylic acids is 1. The predicted octanol–water partition coefficient (Wildman–Crippen LogP) is 6.68. The minimum absolute atomic E-state index is 0.162. The first kappa shape index (κ1) is 18.7. The Labute approximate surface area is 181 Å². The van der Waals surface area contributed by atoms with Crippen LogP contribution in [0.4, 0.5) is 10.5 Å². The number of nitrogens with one attached hydrogen (secondary N) is 1. The molecule has 1 aromatic heterocycles. The molecule has 1 aliphatic heterocycles. The van der Waals surface area contributed by atoms with Crippen LogP contribution in [0.25, 0.3) is 28.3 Å². The Hall–Kier alpha value is -3.35. The van der Waals surface area contributed by atoms with Crippen molar-refractivity contribution in [3.8, 4) is 11.3 Å². The number of amidine groups is 1. The number of aliphatic imine (C=N–C) groups is 1. The van der Waals surface area contributed by atoms with Gasteiger partial charge in [-0.1, -0.05) is 53.2 Å². The Bertz CT molecular complexity index is 1310. The van der Waals surface area contributed by atoms with Gasteiger partial charge in [0.05, 0.1) is 16.0 Å². The van der Waals surface area contributed by atoms with Crippen LogP contribution in [-0.2, 0) is 0 Å². The van der Waals surface area contributed by atoms with E-state index in [0.29, 0.717) is 22.3 Å². The fraction of sp³-hybridized carbons (Fsp3) is 0. The molecular weight excluding hydrogens is 418 g/mol. The van der Waals surface area contributed by atoms with Crippen molar-refractivity contribution in [1.82, 2.24) is 10.5 Å². The Balaban J connectivity index is 1.54. The first-order valence-electron chi connectivity index (χ1n) is 9.16. The lowest BCUT2D eigenvalue weighted by molar-refractivity contribution is 0.265. The number of nitrogens with zero attached hydrogens (tertiary/aromatic N) is 2. The minimum Gasteiger partial charge on any atom is -0.355 e. The zero-order chi connectivity index (χ0) is 20.5. The van der Waals surface area contributed by atoms with Gasteiger partial charge in [0.15, 0.2) is 5.76 Å². The Kier molecular flexibility index (Phi) is 4.86. The van der Waals surface area contributed by atoms with Gasteiger partial charge in [0.2, 0.25) is 0 Å². The van der Waals surface area contributed by atoms with Gasteiger partial charge in [-0.15, -0.1) is 0 Å².